The first-order valence-electron chi connectivity index (χ1n) is 3.73. The lowest BCUT2D eigenvalue weighted by atomic mass is 10.1. The average molecular weight is 286 g/mol. The van der Waals surface area contributed by atoms with Crippen molar-refractivity contribution >= 4 is 28.2 Å². The van der Waals surface area contributed by atoms with Crippen LogP contribution in [0.1, 0.15) is 5.56 Å². The molecule has 0 saturated heterocycles. The molecule has 1 aromatic carbocycles. The van der Waals surface area contributed by atoms with Gasteiger partial charge >= 0.3 is 0 Å². The maximum Gasteiger partial charge on any atom is 0.138 e. The zero-order valence-corrected chi connectivity index (χ0v) is 8.91. The molecule has 66 valence electrons. The molecule has 0 atom stereocenters. The van der Waals surface area contributed by atoms with E-state index in [0.717, 1.165) is 14.7 Å². The molecule has 13 heavy (non-hydrogen) atoms. The van der Waals surface area contributed by atoms with Gasteiger partial charge in [0.15, 0.2) is 0 Å². The lowest BCUT2D eigenvalue weighted by molar-refractivity contribution is 0.451. The van der Waals surface area contributed by atoms with Crippen molar-refractivity contribution < 1.29 is 9.84 Å². The van der Waals surface area contributed by atoms with E-state index in [-0.39, 0.29) is 5.75 Å². The molecule has 0 saturated carbocycles. The Labute approximate surface area is 89.7 Å². The van der Waals surface area contributed by atoms with E-state index in [1.54, 1.807) is 24.5 Å². The second-order valence-electron chi connectivity index (χ2n) is 2.74. The Hall–Kier alpha value is -0.970. The molecule has 0 radical (unpaired) electrons. The molecule has 0 fully saturated rings. The van der Waals surface area contributed by atoms with Gasteiger partial charge in [0.05, 0.1) is 3.58 Å². The second kappa shape index (κ2) is 3.06. The van der Waals surface area contributed by atoms with Crippen molar-refractivity contribution in [1.82, 2.24) is 0 Å². The number of phenols is 1. The first-order valence-corrected chi connectivity index (χ1v) is 4.81. The van der Waals surface area contributed by atoms with Crippen molar-refractivity contribution in [3.63, 3.8) is 0 Å². The van der Waals surface area contributed by atoms with Gasteiger partial charge in [0.25, 0.3) is 0 Å². The topological polar surface area (TPSA) is 29.5 Å². The van der Waals surface area contributed by atoms with Gasteiger partial charge in [-0.3, -0.25) is 0 Å². The summed E-state index contributed by atoms with van der Waals surface area (Å²) in [7, 11) is 0. The number of ether oxygens (including phenoxy) is 1. The van der Waals surface area contributed by atoms with Crippen LogP contribution in [0.3, 0.4) is 0 Å². The fourth-order valence-corrected chi connectivity index (χ4v) is 1.59. The number of fused-ring (bicyclic) bond motifs is 1. The smallest absolute Gasteiger partial charge is 0.138 e. The van der Waals surface area contributed by atoms with Gasteiger partial charge in [0.2, 0.25) is 0 Å². The van der Waals surface area contributed by atoms with Crippen molar-refractivity contribution in [2.45, 2.75) is 0 Å². The Morgan fingerprint density at radius 2 is 2.15 bits per heavy atom. The zero-order valence-electron chi connectivity index (χ0n) is 6.75. The van der Waals surface area contributed by atoms with Crippen molar-refractivity contribution in [2.75, 3.05) is 0 Å². The van der Waals surface area contributed by atoms with Gasteiger partial charge < -0.3 is 9.84 Å². The van der Waals surface area contributed by atoms with Gasteiger partial charge in [-0.2, -0.15) is 0 Å². The Balaban J connectivity index is 2.56. The van der Waals surface area contributed by atoms with Gasteiger partial charge in [-0.15, -0.1) is 0 Å². The highest BCUT2D eigenvalue weighted by atomic mass is 127. The van der Waals surface area contributed by atoms with Crippen LogP contribution in [-0.2, 0) is 0 Å². The van der Waals surface area contributed by atoms with Crippen LogP contribution in [0, 0.1) is 0 Å². The van der Waals surface area contributed by atoms with E-state index in [2.05, 4.69) is 29.2 Å². The van der Waals surface area contributed by atoms with Gasteiger partial charge in [-0.25, -0.2) is 0 Å². The monoisotopic (exact) mass is 286 g/mol. The summed E-state index contributed by atoms with van der Waals surface area (Å²) < 4.78 is 6.28. The Morgan fingerprint density at radius 1 is 1.38 bits per heavy atom. The van der Waals surface area contributed by atoms with Crippen molar-refractivity contribution in [1.29, 1.82) is 0 Å². The summed E-state index contributed by atoms with van der Waals surface area (Å²) in [5, 5.41) is 9.21. The van der Waals surface area contributed by atoms with E-state index in [1.807, 2.05) is 0 Å². The summed E-state index contributed by atoms with van der Waals surface area (Å²) in [6.45, 7) is 3.93. The summed E-state index contributed by atoms with van der Waals surface area (Å²) in [5.74, 6) is 0.863. The highest BCUT2D eigenvalue weighted by Crippen LogP contribution is 2.38. The molecule has 1 aliphatic heterocycles. The van der Waals surface area contributed by atoms with Crippen LogP contribution in [0.25, 0.3) is 5.57 Å². The van der Waals surface area contributed by atoms with Crippen molar-refractivity contribution in [2.24, 2.45) is 0 Å². The number of rotatable bonds is 0. The molecule has 3 heteroatoms. The number of hydrogen-bond donors (Lipinski definition) is 1. The maximum absolute atomic E-state index is 9.21. The molecular formula is C10H7IO2. The van der Waals surface area contributed by atoms with E-state index < -0.39 is 0 Å². The molecule has 0 unspecified atom stereocenters. The van der Waals surface area contributed by atoms with Crippen LogP contribution in [0.4, 0.5) is 0 Å². The number of benzene rings is 1. The highest BCUT2D eigenvalue weighted by molar-refractivity contribution is 14.1. The molecule has 1 N–H and O–H groups in total. The lowest BCUT2D eigenvalue weighted by Gasteiger charge is -2.16. The zero-order chi connectivity index (χ0) is 9.42. The normalized spacial score (nSPS) is 14.5. The van der Waals surface area contributed by atoms with Crippen LogP contribution in [0.2, 0.25) is 0 Å². The minimum atomic E-state index is 0.205. The van der Waals surface area contributed by atoms with Crippen LogP contribution in [-0.4, -0.2) is 5.11 Å². The minimum absolute atomic E-state index is 0.205. The van der Waals surface area contributed by atoms with Crippen LogP contribution >= 0.6 is 22.6 Å². The molecule has 0 bridgehead atoms. The highest BCUT2D eigenvalue weighted by Gasteiger charge is 2.14. The molecule has 1 heterocycles. The Bertz CT molecular complexity index is 407. The van der Waals surface area contributed by atoms with Gasteiger partial charge in [-0.05, 0) is 40.3 Å². The van der Waals surface area contributed by atoms with E-state index in [1.165, 1.54) is 0 Å². The van der Waals surface area contributed by atoms with E-state index >= 15 is 0 Å². The number of halogens is 1. The van der Waals surface area contributed by atoms with Crippen LogP contribution in [0.15, 0.2) is 34.6 Å². The molecule has 1 aromatic rings. The predicted octanol–water partition coefficient (Wildman–Crippen LogP) is 3.07. The number of hydrogen-bond acceptors (Lipinski definition) is 2. The molecule has 2 nitrogen and oxygen atoms in total. The van der Waals surface area contributed by atoms with Crippen LogP contribution < -0.4 is 4.74 Å². The summed E-state index contributed by atoms with van der Waals surface area (Å²) in [6, 6.07) is 5.02. The molecule has 0 aliphatic carbocycles. The summed E-state index contributed by atoms with van der Waals surface area (Å²) in [5.41, 5.74) is 1.87. The fraction of sp³-hybridized carbons (Fsp3) is 0. The minimum Gasteiger partial charge on any atom is -0.508 e. The summed E-state index contributed by atoms with van der Waals surface area (Å²) in [6.07, 6.45) is 1.63. The first kappa shape index (κ1) is 8.62. The summed E-state index contributed by atoms with van der Waals surface area (Å²) >= 11 is 2.16. The number of phenolic OH excluding ortho intramolecular Hbond substituents is 1. The van der Waals surface area contributed by atoms with Crippen molar-refractivity contribution in [3.8, 4) is 11.5 Å². The first-order chi connectivity index (χ1) is 6.18. The van der Waals surface area contributed by atoms with E-state index in [9.17, 15) is 5.11 Å². The van der Waals surface area contributed by atoms with Crippen molar-refractivity contribution in [3.05, 3.63) is 40.2 Å². The third-order valence-electron chi connectivity index (χ3n) is 1.87. The Kier molecular flexibility index (Phi) is 2.03. The molecule has 0 aromatic heterocycles. The third kappa shape index (κ3) is 1.44. The number of allylic oxidation sites excluding steroid dienone is 2. The Morgan fingerprint density at radius 3 is 2.92 bits per heavy atom. The second-order valence-corrected chi connectivity index (χ2v) is 3.90. The maximum atomic E-state index is 9.21. The predicted molar refractivity (Wildman–Crippen MR) is 59.9 cm³/mol. The average Bonchev–Trinajstić information content (AvgIpc) is 2.12. The van der Waals surface area contributed by atoms with Gasteiger partial charge in [-0.1, -0.05) is 6.58 Å². The number of aromatic hydroxyl groups is 1. The SMILES string of the molecule is C=C1C(I)=COc2cc(O)ccc21. The standard InChI is InChI=1S/C10H7IO2/c1-6-8-3-2-7(12)4-10(8)13-5-9(6)11/h2-5,12H,1H2. The molecular weight excluding hydrogens is 279 g/mol. The fourth-order valence-electron chi connectivity index (χ4n) is 1.17. The quantitative estimate of drug-likeness (QED) is 0.743. The molecule has 2 rings (SSSR count). The van der Waals surface area contributed by atoms with Gasteiger partial charge in [0.1, 0.15) is 17.8 Å². The third-order valence-corrected chi connectivity index (χ3v) is 2.77. The largest absolute Gasteiger partial charge is 0.508 e. The molecule has 0 spiro atoms. The van der Waals surface area contributed by atoms with E-state index in [0.29, 0.717) is 5.75 Å². The molecule has 0 amide bonds. The van der Waals surface area contributed by atoms with Crippen LogP contribution in [0.5, 0.6) is 11.5 Å². The van der Waals surface area contributed by atoms with E-state index in [4.69, 9.17) is 4.74 Å². The van der Waals surface area contributed by atoms with Gasteiger partial charge in [0, 0.05) is 11.6 Å². The lowest BCUT2D eigenvalue weighted by Crippen LogP contribution is -1.97. The molecule has 1 aliphatic rings. The summed E-state index contributed by atoms with van der Waals surface area (Å²) in [4.78, 5) is 0.